The van der Waals surface area contributed by atoms with Crippen molar-refractivity contribution in [2.45, 2.75) is 58.2 Å². The summed E-state index contributed by atoms with van der Waals surface area (Å²) in [5.74, 6) is 0.0718. The van der Waals surface area contributed by atoms with Crippen molar-refractivity contribution in [3.05, 3.63) is 53.2 Å². The Hall–Kier alpha value is -2.67. The molecule has 1 aliphatic rings. The smallest absolute Gasteiger partial charge is 0.261 e. The van der Waals surface area contributed by atoms with Crippen molar-refractivity contribution in [3.63, 3.8) is 0 Å². The highest BCUT2D eigenvalue weighted by atomic mass is 32.1. The van der Waals surface area contributed by atoms with Gasteiger partial charge in [0.15, 0.2) is 0 Å². The fraction of sp³-hybridized carbons (Fsp3) is 0.435. The lowest BCUT2D eigenvalue weighted by Crippen LogP contribution is -2.46. The van der Waals surface area contributed by atoms with E-state index in [1.54, 1.807) is 22.2 Å². The molecule has 0 spiro atoms. The lowest BCUT2D eigenvalue weighted by atomic mass is 9.93. The number of aromatic nitrogens is 2. The monoisotopic (exact) mass is 424 g/mol. The average Bonchev–Trinajstić information content (AvgIpc) is 3.36. The van der Waals surface area contributed by atoms with E-state index in [4.69, 9.17) is 0 Å². The fourth-order valence-corrected chi connectivity index (χ4v) is 5.35. The molecule has 158 valence electrons. The molecule has 4 rings (SSSR count). The zero-order valence-electron chi connectivity index (χ0n) is 17.5. The normalized spacial score (nSPS) is 16.9. The van der Waals surface area contributed by atoms with Crippen LogP contribution in [0.1, 0.15) is 48.3 Å². The number of likely N-dealkylation sites (tertiary alicyclic amines) is 1. The van der Waals surface area contributed by atoms with Crippen LogP contribution in [-0.2, 0) is 17.8 Å². The zero-order valence-corrected chi connectivity index (χ0v) is 18.3. The van der Waals surface area contributed by atoms with E-state index >= 15 is 0 Å². The zero-order chi connectivity index (χ0) is 21.1. The average molecular weight is 425 g/mol. The Morgan fingerprint density at radius 3 is 2.83 bits per heavy atom. The van der Waals surface area contributed by atoms with Crippen LogP contribution in [0.3, 0.4) is 0 Å². The van der Waals surface area contributed by atoms with Gasteiger partial charge in [0.25, 0.3) is 5.91 Å². The first-order valence-corrected chi connectivity index (χ1v) is 11.4. The molecule has 1 aromatic carbocycles. The van der Waals surface area contributed by atoms with Gasteiger partial charge in [-0.3, -0.25) is 14.3 Å². The molecule has 0 radical (unpaired) electrons. The number of fused-ring (bicyclic) bond motifs is 1. The molecule has 2 amide bonds. The van der Waals surface area contributed by atoms with Crippen molar-refractivity contribution in [1.29, 1.82) is 0 Å². The maximum absolute atomic E-state index is 13.0. The van der Waals surface area contributed by atoms with Gasteiger partial charge in [-0.15, -0.1) is 11.3 Å². The lowest BCUT2D eigenvalue weighted by Gasteiger charge is -2.36. The number of piperidine rings is 1. The number of carbonyl (C=O) groups is 2. The largest absolute Gasteiger partial charge is 0.349 e. The van der Waals surface area contributed by atoms with Crippen molar-refractivity contribution in [2.75, 3.05) is 6.54 Å². The van der Waals surface area contributed by atoms with Crippen LogP contribution in [0.2, 0.25) is 0 Å². The summed E-state index contributed by atoms with van der Waals surface area (Å²) >= 11 is 1.55. The van der Waals surface area contributed by atoms with E-state index in [9.17, 15) is 9.59 Å². The molecule has 1 fully saturated rings. The summed E-state index contributed by atoms with van der Waals surface area (Å²) in [6, 6.07) is 10.2. The molecule has 3 heterocycles. The molecule has 3 aromatic rings. The molecule has 7 heteroatoms. The van der Waals surface area contributed by atoms with E-state index in [0.29, 0.717) is 6.42 Å². The number of thiophene rings is 1. The summed E-state index contributed by atoms with van der Waals surface area (Å²) in [6.45, 7) is 4.97. The molecule has 1 atom stereocenters. The Kier molecular flexibility index (Phi) is 6.18. The van der Waals surface area contributed by atoms with Gasteiger partial charge < -0.3 is 10.2 Å². The molecule has 0 aliphatic carbocycles. The first-order chi connectivity index (χ1) is 14.5. The van der Waals surface area contributed by atoms with Gasteiger partial charge in [-0.2, -0.15) is 5.10 Å². The number of rotatable bonds is 6. The van der Waals surface area contributed by atoms with Crippen molar-refractivity contribution < 1.29 is 9.59 Å². The standard InChI is InChI=1S/C23H28N4O2S/c1-16(2)25-23(29)22-19(18-9-3-4-10-20(18)30-22)14-17-8-5-6-13-27(17)21(28)15-26-12-7-11-24-26/h3-4,7,9-12,16-17H,5-6,8,13-15H2,1-2H3,(H,25,29). The van der Waals surface area contributed by atoms with Crippen LogP contribution in [0.5, 0.6) is 0 Å². The molecule has 6 nitrogen and oxygen atoms in total. The van der Waals surface area contributed by atoms with Gasteiger partial charge in [-0.05, 0) is 62.6 Å². The number of nitrogens with zero attached hydrogens (tertiary/aromatic N) is 3. The maximum Gasteiger partial charge on any atom is 0.261 e. The topological polar surface area (TPSA) is 67.2 Å². The number of amides is 2. The highest BCUT2D eigenvalue weighted by molar-refractivity contribution is 7.21. The molecule has 30 heavy (non-hydrogen) atoms. The Bertz CT molecular complexity index is 1030. The molecule has 0 saturated carbocycles. The Morgan fingerprint density at radius 1 is 1.23 bits per heavy atom. The second-order valence-electron chi connectivity index (χ2n) is 8.18. The molecule has 1 aliphatic heterocycles. The SMILES string of the molecule is CC(C)NC(=O)c1sc2ccccc2c1CC1CCCCN1C(=O)Cn1cccn1. The van der Waals surface area contributed by atoms with Gasteiger partial charge in [0.05, 0.1) is 4.88 Å². The van der Waals surface area contributed by atoms with Gasteiger partial charge >= 0.3 is 0 Å². The predicted molar refractivity (Wildman–Crippen MR) is 120 cm³/mol. The van der Waals surface area contributed by atoms with Crippen LogP contribution in [0, 0.1) is 0 Å². The molecular weight excluding hydrogens is 396 g/mol. The van der Waals surface area contributed by atoms with Crippen LogP contribution < -0.4 is 5.32 Å². The second kappa shape index (κ2) is 9.00. The third-order valence-corrected chi connectivity index (χ3v) is 6.78. The number of benzene rings is 1. The summed E-state index contributed by atoms with van der Waals surface area (Å²) in [4.78, 5) is 28.7. The number of nitrogens with one attached hydrogen (secondary N) is 1. The Balaban J connectivity index is 1.62. The van der Waals surface area contributed by atoms with E-state index in [1.165, 1.54) is 0 Å². The van der Waals surface area contributed by atoms with Crippen molar-refractivity contribution >= 4 is 33.2 Å². The van der Waals surface area contributed by atoms with Crippen molar-refractivity contribution in [1.82, 2.24) is 20.0 Å². The molecule has 2 aromatic heterocycles. The molecule has 1 unspecified atom stereocenters. The third-order valence-electron chi connectivity index (χ3n) is 5.57. The van der Waals surface area contributed by atoms with Crippen LogP contribution in [0.4, 0.5) is 0 Å². The van der Waals surface area contributed by atoms with E-state index < -0.39 is 0 Å². The number of hydrogen-bond donors (Lipinski definition) is 1. The van der Waals surface area contributed by atoms with Gasteiger partial charge in [0.1, 0.15) is 6.54 Å². The van der Waals surface area contributed by atoms with Crippen molar-refractivity contribution in [2.24, 2.45) is 0 Å². The summed E-state index contributed by atoms with van der Waals surface area (Å²) in [7, 11) is 0. The fourth-order valence-electron chi connectivity index (χ4n) is 4.21. The summed E-state index contributed by atoms with van der Waals surface area (Å²) in [5, 5.41) is 8.34. The van der Waals surface area contributed by atoms with Crippen LogP contribution >= 0.6 is 11.3 Å². The highest BCUT2D eigenvalue weighted by Crippen LogP contribution is 2.34. The summed E-state index contributed by atoms with van der Waals surface area (Å²) < 4.78 is 2.79. The minimum Gasteiger partial charge on any atom is -0.349 e. The minimum absolute atomic E-state index is 0.0218. The van der Waals surface area contributed by atoms with Crippen LogP contribution in [-0.4, -0.2) is 45.1 Å². The number of carbonyl (C=O) groups excluding carboxylic acids is 2. The van der Waals surface area contributed by atoms with Crippen LogP contribution in [0.15, 0.2) is 42.7 Å². The maximum atomic E-state index is 13.0. The van der Waals surface area contributed by atoms with Gasteiger partial charge in [-0.1, -0.05) is 18.2 Å². The van der Waals surface area contributed by atoms with Crippen LogP contribution in [0.25, 0.3) is 10.1 Å². The molecule has 0 bridgehead atoms. The van der Waals surface area contributed by atoms with Gasteiger partial charge in [0.2, 0.25) is 5.91 Å². The first-order valence-electron chi connectivity index (χ1n) is 10.6. The predicted octanol–water partition coefficient (Wildman–Crippen LogP) is 3.86. The molecule has 1 saturated heterocycles. The Labute approximate surface area is 180 Å². The first kappa shape index (κ1) is 20.6. The highest BCUT2D eigenvalue weighted by Gasteiger charge is 2.30. The van der Waals surface area contributed by atoms with Gasteiger partial charge in [0, 0.05) is 35.7 Å². The molecule has 1 N–H and O–H groups in total. The quantitative estimate of drug-likeness (QED) is 0.653. The van der Waals surface area contributed by atoms with E-state index in [2.05, 4.69) is 22.5 Å². The van der Waals surface area contributed by atoms with Crippen molar-refractivity contribution in [3.8, 4) is 0 Å². The lowest BCUT2D eigenvalue weighted by molar-refractivity contribution is -0.135. The van der Waals surface area contributed by atoms with E-state index in [1.807, 2.05) is 43.1 Å². The third kappa shape index (κ3) is 4.41. The van der Waals surface area contributed by atoms with E-state index in [0.717, 1.165) is 46.3 Å². The number of hydrogen-bond acceptors (Lipinski definition) is 4. The summed E-state index contributed by atoms with van der Waals surface area (Å²) in [5.41, 5.74) is 1.07. The summed E-state index contributed by atoms with van der Waals surface area (Å²) in [6.07, 6.45) is 7.30. The van der Waals surface area contributed by atoms with Gasteiger partial charge in [-0.25, -0.2) is 0 Å². The Morgan fingerprint density at radius 2 is 2.07 bits per heavy atom. The van der Waals surface area contributed by atoms with E-state index in [-0.39, 0.29) is 30.4 Å². The molecular formula is C23H28N4O2S. The minimum atomic E-state index is -0.0218. The second-order valence-corrected chi connectivity index (χ2v) is 9.23.